The first kappa shape index (κ1) is 20.6. The van der Waals surface area contributed by atoms with Crippen molar-refractivity contribution < 1.29 is 13.9 Å². The van der Waals surface area contributed by atoms with Gasteiger partial charge < -0.3 is 19.2 Å². The lowest BCUT2D eigenvalue weighted by Crippen LogP contribution is -2.53. The quantitative estimate of drug-likeness (QED) is 0.774. The summed E-state index contributed by atoms with van der Waals surface area (Å²) in [6, 6.07) is 10.2. The molecule has 2 rings (SSSR count). The minimum absolute atomic E-state index is 0.0635. The zero-order valence-electron chi connectivity index (χ0n) is 16.7. The molecule has 0 saturated carbocycles. The van der Waals surface area contributed by atoms with E-state index in [1.165, 1.54) is 5.56 Å². The number of hydrogen-bond donors (Lipinski definition) is 1. The van der Waals surface area contributed by atoms with Crippen LogP contribution in [0.15, 0.2) is 30.3 Å². The van der Waals surface area contributed by atoms with Gasteiger partial charge in [0.1, 0.15) is 0 Å². The molecule has 1 fully saturated rings. The number of hydrogen-bond acceptors (Lipinski definition) is 4. The van der Waals surface area contributed by atoms with E-state index in [4.69, 9.17) is 13.9 Å². The zero-order chi connectivity index (χ0) is 18.6. The predicted octanol–water partition coefficient (Wildman–Crippen LogP) is 3.97. The lowest BCUT2D eigenvalue weighted by Gasteiger charge is -2.43. The molecule has 0 radical (unpaired) electrons. The average Bonchev–Trinajstić information content (AvgIpc) is 2.69. The van der Waals surface area contributed by atoms with Crippen LogP contribution in [0.2, 0.25) is 18.1 Å². The van der Waals surface area contributed by atoms with E-state index >= 15 is 0 Å². The molecule has 0 bridgehead atoms. The predicted molar refractivity (Wildman–Crippen MR) is 105 cm³/mol. The first-order valence-electron chi connectivity index (χ1n) is 9.25. The summed E-state index contributed by atoms with van der Waals surface area (Å²) in [5, 5.41) is 3.70. The minimum atomic E-state index is -1.83. The molecule has 0 aliphatic carbocycles. The summed E-state index contributed by atoms with van der Waals surface area (Å²) in [7, 11) is -1.83. The molecule has 5 heteroatoms. The number of benzene rings is 1. The normalized spacial score (nSPS) is 25.6. The standard InChI is InChI=1S/C20H35NO3Si/c1-19(2,3)25(5,6)24-20(4)15-21-12-18(23-16-20)14-22-13-17-10-8-7-9-11-17/h7-11,18,21H,12-16H2,1-6H3/t18-,20?/m0/s1. The molecule has 1 aromatic carbocycles. The number of nitrogens with one attached hydrogen (secondary N) is 1. The highest BCUT2D eigenvalue weighted by molar-refractivity contribution is 6.74. The molecule has 0 aromatic heterocycles. The van der Waals surface area contributed by atoms with Gasteiger partial charge in [-0.05, 0) is 30.6 Å². The topological polar surface area (TPSA) is 39.7 Å². The van der Waals surface area contributed by atoms with Crippen molar-refractivity contribution in [1.29, 1.82) is 0 Å². The van der Waals surface area contributed by atoms with Gasteiger partial charge in [0.25, 0.3) is 0 Å². The van der Waals surface area contributed by atoms with Gasteiger partial charge in [-0.1, -0.05) is 51.1 Å². The van der Waals surface area contributed by atoms with Gasteiger partial charge in [0.2, 0.25) is 0 Å². The van der Waals surface area contributed by atoms with Crippen LogP contribution in [0, 0.1) is 0 Å². The highest BCUT2D eigenvalue weighted by atomic mass is 28.4. The smallest absolute Gasteiger partial charge is 0.193 e. The SMILES string of the molecule is CC1(O[Si](C)(C)C(C)(C)C)CNC[C@@H](COCc2ccccc2)OC1. The second kappa shape index (κ2) is 8.31. The summed E-state index contributed by atoms with van der Waals surface area (Å²) < 4.78 is 18.6. The molecule has 1 aromatic rings. The maximum atomic E-state index is 6.64. The van der Waals surface area contributed by atoms with Gasteiger partial charge in [0, 0.05) is 13.1 Å². The van der Waals surface area contributed by atoms with Crippen molar-refractivity contribution >= 4 is 8.32 Å². The lowest BCUT2D eigenvalue weighted by molar-refractivity contribution is -0.0606. The van der Waals surface area contributed by atoms with E-state index in [2.05, 4.69) is 58.2 Å². The van der Waals surface area contributed by atoms with E-state index < -0.39 is 8.32 Å². The zero-order valence-corrected chi connectivity index (χ0v) is 17.7. The molecule has 0 amide bonds. The maximum Gasteiger partial charge on any atom is 0.193 e. The van der Waals surface area contributed by atoms with E-state index in [9.17, 15) is 0 Å². The van der Waals surface area contributed by atoms with Gasteiger partial charge in [-0.15, -0.1) is 0 Å². The fourth-order valence-electron chi connectivity index (χ4n) is 2.73. The molecule has 142 valence electrons. The molecule has 1 N–H and O–H groups in total. The fourth-order valence-corrected chi connectivity index (χ4v) is 4.40. The Labute approximate surface area is 154 Å². The van der Waals surface area contributed by atoms with Crippen LogP contribution in [-0.4, -0.2) is 46.3 Å². The van der Waals surface area contributed by atoms with E-state index in [1.807, 2.05) is 18.2 Å². The van der Waals surface area contributed by atoms with Crippen molar-refractivity contribution in [3.05, 3.63) is 35.9 Å². The summed E-state index contributed by atoms with van der Waals surface area (Å²) in [5.74, 6) is 0. The van der Waals surface area contributed by atoms with Crippen LogP contribution in [0.5, 0.6) is 0 Å². The van der Waals surface area contributed by atoms with E-state index in [1.54, 1.807) is 0 Å². The highest BCUT2D eigenvalue weighted by Crippen LogP contribution is 2.39. The van der Waals surface area contributed by atoms with Crippen LogP contribution in [-0.2, 0) is 20.5 Å². The van der Waals surface area contributed by atoms with Crippen LogP contribution >= 0.6 is 0 Å². The van der Waals surface area contributed by atoms with Gasteiger partial charge in [0.15, 0.2) is 8.32 Å². The Balaban J connectivity index is 1.82. The summed E-state index contributed by atoms with van der Waals surface area (Å²) >= 11 is 0. The monoisotopic (exact) mass is 365 g/mol. The molecule has 1 heterocycles. The van der Waals surface area contributed by atoms with Gasteiger partial charge in [-0.25, -0.2) is 0 Å². The molecule has 4 nitrogen and oxygen atoms in total. The van der Waals surface area contributed by atoms with Crippen molar-refractivity contribution in [2.75, 3.05) is 26.3 Å². The van der Waals surface area contributed by atoms with Gasteiger partial charge in [-0.3, -0.25) is 0 Å². The maximum absolute atomic E-state index is 6.64. The summed E-state index contributed by atoms with van der Waals surface area (Å²) in [4.78, 5) is 0. The second-order valence-electron chi connectivity index (χ2n) is 8.88. The van der Waals surface area contributed by atoms with Gasteiger partial charge >= 0.3 is 0 Å². The molecule has 25 heavy (non-hydrogen) atoms. The number of ether oxygens (including phenoxy) is 2. The Morgan fingerprint density at radius 3 is 2.56 bits per heavy atom. The second-order valence-corrected chi connectivity index (χ2v) is 13.6. The minimum Gasteiger partial charge on any atom is -0.408 e. The first-order chi connectivity index (χ1) is 11.6. The number of rotatable bonds is 6. The van der Waals surface area contributed by atoms with Crippen molar-refractivity contribution in [2.45, 2.75) is 64.1 Å². The van der Waals surface area contributed by atoms with E-state index in [0.29, 0.717) is 19.8 Å². The van der Waals surface area contributed by atoms with Crippen molar-refractivity contribution in [3.8, 4) is 0 Å². The Hall–Kier alpha value is -0.723. The molecule has 1 aliphatic rings. The summed E-state index contributed by atoms with van der Waals surface area (Å²) in [6.45, 7) is 17.0. The van der Waals surface area contributed by atoms with E-state index in [-0.39, 0.29) is 16.7 Å². The molecule has 2 atom stereocenters. The molecule has 1 unspecified atom stereocenters. The Morgan fingerprint density at radius 1 is 1.24 bits per heavy atom. The summed E-state index contributed by atoms with van der Waals surface area (Å²) in [6.07, 6.45) is 0.0635. The van der Waals surface area contributed by atoms with E-state index in [0.717, 1.165) is 13.1 Å². The Morgan fingerprint density at radius 2 is 1.92 bits per heavy atom. The Kier molecular flexibility index (Phi) is 6.85. The third-order valence-corrected chi connectivity index (χ3v) is 9.83. The average molecular weight is 366 g/mol. The largest absolute Gasteiger partial charge is 0.408 e. The van der Waals surface area contributed by atoms with Crippen LogP contribution in [0.3, 0.4) is 0 Å². The Bertz CT molecular complexity index is 529. The third-order valence-electron chi connectivity index (χ3n) is 5.22. The van der Waals surface area contributed by atoms with Crippen LogP contribution in [0.4, 0.5) is 0 Å². The highest BCUT2D eigenvalue weighted by Gasteiger charge is 2.43. The fraction of sp³-hybridized carbons (Fsp3) is 0.700. The van der Waals surface area contributed by atoms with Crippen LogP contribution < -0.4 is 5.32 Å². The summed E-state index contributed by atoms with van der Waals surface area (Å²) in [5.41, 5.74) is 0.909. The van der Waals surface area contributed by atoms with Gasteiger partial charge in [-0.2, -0.15) is 0 Å². The molecule has 0 spiro atoms. The third kappa shape index (κ3) is 6.18. The lowest BCUT2D eigenvalue weighted by atomic mass is 10.1. The van der Waals surface area contributed by atoms with Crippen molar-refractivity contribution in [3.63, 3.8) is 0 Å². The molecular formula is C20H35NO3Si. The van der Waals surface area contributed by atoms with Crippen molar-refractivity contribution in [2.24, 2.45) is 0 Å². The molecular weight excluding hydrogens is 330 g/mol. The van der Waals surface area contributed by atoms with Gasteiger partial charge in [0.05, 0.1) is 31.5 Å². The van der Waals surface area contributed by atoms with Crippen LogP contribution in [0.25, 0.3) is 0 Å². The van der Waals surface area contributed by atoms with Crippen molar-refractivity contribution in [1.82, 2.24) is 5.32 Å². The van der Waals surface area contributed by atoms with Crippen LogP contribution in [0.1, 0.15) is 33.3 Å². The molecule has 1 saturated heterocycles. The first-order valence-corrected chi connectivity index (χ1v) is 12.2. The molecule has 1 aliphatic heterocycles.